The minimum absolute atomic E-state index is 0.0955. The zero-order valence-corrected chi connectivity index (χ0v) is 29.8. The Morgan fingerprint density at radius 3 is 1.94 bits per heavy atom. The molecule has 268 valence electrons. The molecule has 0 spiro atoms. The molecule has 2 heterocycles. The normalized spacial score (nSPS) is 16.8. The Hall–Kier alpha value is -5.79. The van der Waals surface area contributed by atoms with Gasteiger partial charge in [0, 0.05) is 18.6 Å². The fraction of sp³-hybridized carbons (Fsp3) is 0.194. The van der Waals surface area contributed by atoms with E-state index in [1.54, 1.807) is 24.3 Å². The van der Waals surface area contributed by atoms with Crippen LogP contribution in [0.15, 0.2) is 120 Å². The van der Waals surface area contributed by atoms with Crippen LogP contribution in [-0.2, 0) is 36.4 Å². The molecule has 2 aliphatic rings. The van der Waals surface area contributed by atoms with E-state index in [-0.39, 0.29) is 35.2 Å². The molecule has 52 heavy (non-hydrogen) atoms. The fourth-order valence-corrected chi connectivity index (χ4v) is 7.86. The lowest BCUT2D eigenvalue weighted by atomic mass is 10.1. The van der Waals surface area contributed by atoms with Crippen LogP contribution in [0.3, 0.4) is 0 Å². The predicted molar refractivity (Wildman–Crippen MR) is 191 cm³/mol. The van der Waals surface area contributed by atoms with Crippen molar-refractivity contribution >= 4 is 42.2 Å². The third-order valence-electron chi connectivity index (χ3n) is 7.84. The van der Waals surface area contributed by atoms with E-state index in [2.05, 4.69) is 4.99 Å². The van der Waals surface area contributed by atoms with Crippen molar-refractivity contribution in [2.24, 2.45) is 4.99 Å². The Balaban J connectivity index is 1.31. The molecular formula is C36H32N3O11PS. The first-order valence-corrected chi connectivity index (χ1v) is 18.1. The predicted octanol–water partition coefficient (Wildman–Crippen LogP) is 7.09. The molecule has 2 aliphatic heterocycles. The molecule has 0 aromatic heterocycles. The molecule has 0 N–H and O–H groups in total. The quantitative estimate of drug-likeness (QED) is 0.0231. The topological polar surface area (TPSA) is 165 Å². The summed E-state index contributed by atoms with van der Waals surface area (Å²) in [4.78, 5) is 43.9. The van der Waals surface area contributed by atoms with Crippen molar-refractivity contribution in [2.75, 3.05) is 14.2 Å². The lowest BCUT2D eigenvalue weighted by Gasteiger charge is -2.41. The molecule has 0 radical (unpaired) electrons. The van der Waals surface area contributed by atoms with Crippen molar-refractivity contribution in [3.8, 4) is 23.0 Å². The zero-order valence-electron chi connectivity index (χ0n) is 28.1. The fourth-order valence-electron chi connectivity index (χ4n) is 5.25. The zero-order chi connectivity index (χ0) is 36.8. The molecule has 0 saturated carbocycles. The summed E-state index contributed by atoms with van der Waals surface area (Å²) in [5, 5.41) is 11.2. The number of amides is 1. The number of nitrogens with zero attached hydrogens (tertiary/aromatic N) is 3. The number of phosphoric acid groups is 1. The smallest absolute Gasteiger partial charge is 0.497 e. The maximum absolute atomic E-state index is 14.5. The van der Waals surface area contributed by atoms with E-state index in [0.717, 1.165) is 5.56 Å². The monoisotopic (exact) mass is 745 g/mol. The lowest BCUT2D eigenvalue weighted by molar-refractivity contribution is -0.384. The Morgan fingerprint density at radius 1 is 0.846 bits per heavy atom. The molecule has 1 saturated heterocycles. The molecule has 16 heteroatoms. The SMILES string of the molecule is COc1ccc(OP(=O)(OC(C)=C(C(=O)OCc2ccc([N+](=O)[O-])cc2)N2C(=O)C3N=C(Cc4ccccc4)SC32)Oc2ccc(OC)cc2)cc1. The number of rotatable bonds is 15. The second-order valence-corrected chi connectivity index (χ2v) is 14.0. The number of ether oxygens (including phenoxy) is 3. The van der Waals surface area contributed by atoms with E-state index >= 15 is 0 Å². The van der Waals surface area contributed by atoms with Crippen molar-refractivity contribution in [3.05, 3.63) is 136 Å². The maximum atomic E-state index is 14.5. The molecule has 2 atom stereocenters. The van der Waals surface area contributed by atoms with Gasteiger partial charge in [0.1, 0.15) is 40.7 Å². The molecule has 2 unspecified atom stereocenters. The van der Waals surface area contributed by atoms with Gasteiger partial charge in [-0.15, -0.1) is 0 Å². The largest absolute Gasteiger partial charge is 0.646 e. The number of esters is 1. The second-order valence-electron chi connectivity index (χ2n) is 11.3. The standard InChI is InChI=1S/C36H32N3O11PS/c1-23(48-51(44,49-29-17-13-27(45-2)14-18-29)50-30-19-15-28(46-3)16-20-30)33(36(41)47-22-25-9-11-26(12-10-25)39(42)43)38-34(40)32-35(38)52-31(37-32)21-24-7-5-4-6-8-24/h4-20,32,35H,21-22H2,1-3H3. The Morgan fingerprint density at radius 2 is 1.40 bits per heavy atom. The summed E-state index contributed by atoms with van der Waals surface area (Å²) < 4.78 is 48.0. The van der Waals surface area contributed by atoms with E-state index in [4.69, 9.17) is 27.8 Å². The number of benzene rings is 4. The minimum atomic E-state index is -4.67. The van der Waals surface area contributed by atoms with Gasteiger partial charge in [0.25, 0.3) is 11.6 Å². The third kappa shape index (κ3) is 8.22. The van der Waals surface area contributed by atoms with Gasteiger partial charge < -0.3 is 27.8 Å². The van der Waals surface area contributed by atoms with Crippen LogP contribution in [-0.4, -0.2) is 52.4 Å². The number of non-ortho nitro benzene ring substituents is 1. The molecule has 4 aromatic carbocycles. The van der Waals surface area contributed by atoms with Gasteiger partial charge in [0.05, 0.1) is 24.2 Å². The second kappa shape index (κ2) is 15.6. The molecule has 1 fully saturated rings. The number of allylic oxidation sites excluding steroid dienone is 1. The first-order chi connectivity index (χ1) is 25.1. The number of β-lactam (4-membered cyclic amide) rings is 1. The maximum Gasteiger partial charge on any atom is 0.646 e. The number of carbonyl (C=O) groups excluding carboxylic acids is 2. The van der Waals surface area contributed by atoms with Gasteiger partial charge in [-0.05, 0) is 78.7 Å². The van der Waals surface area contributed by atoms with E-state index in [0.29, 0.717) is 28.5 Å². The summed E-state index contributed by atoms with van der Waals surface area (Å²) in [5.74, 6) is -0.545. The summed E-state index contributed by atoms with van der Waals surface area (Å²) in [5.41, 5.74) is 0.976. The number of fused-ring (bicyclic) bond motifs is 1. The van der Waals surface area contributed by atoms with Gasteiger partial charge in [-0.1, -0.05) is 42.1 Å². The third-order valence-corrected chi connectivity index (χ3v) is 10.4. The summed E-state index contributed by atoms with van der Waals surface area (Å²) in [7, 11) is -1.68. The highest BCUT2D eigenvalue weighted by Gasteiger charge is 2.56. The summed E-state index contributed by atoms with van der Waals surface area (Å²) in [6, 6.07) is 26.6. The van der Waals surface area contributed by atoms with Crippen LogP contribution in [0.5, 0.6) is 23.0 Å². The Labute approximate surface area is 302 Å². The van der Waals surface area contributed by atoms with Crippen LogP contribution in [0.4, 0.5) is 5.69 Å². The lowest BCUT2D eigenvalue weighted by Crippen LogP contribution is -2.61. The highest BCUT2D eigenvalue weighted by Crippen LogP contribution is 2.53. The van der Waals surface area contributed by atoms with Crippen molar-refractivity contribution in [2.45, 2.75) is 31.4 Å². The molecule has 4 aromatic rings. The van der Waals surface area contributed by atoms with Gasteiger partial charge >= 0.3 is 13.8 Å². The molecule has 14 nitrogen and oxygen atoms in total. The highest BCUT2D eigenvalue weighted by atomic mass is 32.2. The molecule has 0 bridgehead atoms. The summed E-state index contributed by atoms with van der Waals surface area (Å²) in [6.07, 6.45) is 0.485. The molecule has 0 aliphatic carbocycles. The van der Waals surface area contributed by atoms with Gasteiger partial charge in [-0.25, -0.2) is 4.79 Å². The number of hydrogen-bond donors (Lipinski definition) is 0. The Bertz CT molecular complexity index is 2000. The van der Waals surface area contributed by atoms with E-state index in [1.165, 1.54) is 86.3 Å². The van der Waals surface area contributed by atoms with Crippen LogP contribution >= 0.6 is 19.6 Å². The van der Waals surface area contributed by atoms with Crippen LogP contribution in [0.1, 0.15) is 18.1 Å². The number of nitro benzene ring substituents is 1. The summed E-state index contributed by atoms with van der Waals surface area (Å²) >= 11 is 1.32. The highest BCUT2D eigenvalue weighted by molar-refractivity contribution is 8.14. The summed E-state index contributed by atoms with van der Waals surface area (Å²) in [6.45, 7) is 1.05. The van der Waals surface area contributed by atoms with Crippen LogP contribution in [0.2, 0.25) is 0 Å². The van der Waals surface area contributed by atoms with Gasteiger partial charge in [0.2, 0.25) is 0 Å². The van der Waals surface area contributed by atoms with Crippen LogP contribution in [0.25, 0.3) is 0 Å². The van der Waals surface area contributed by atoms with E-state index in [1.807, 2.05) is 30.3 Å². The number of nitro groups is 1. The van der Waals surface area contributed by atoms with Gasteiger partial charge in [0.15, 0.2) is 11.7 Å². The number of methoxy groups -OCH3 is 2. The van der Waals surface area contributed by atoms with E-state index in [9.17, 15) is 24.3 Å². The van der Waals surface area contributed by atoms with Gasteiger partial charge in [-0.3, -0.25) is 24.8 Å². The minimum Gasteiger partial charge on any atom is -0.497 e. The van der Waals surface area contributed by atoms with Gasteiger partial charge in [-0.2, -0.15) is 4.57 Å². The Kier molecular flexibility index (Phi) is 10.8. The average molecular weight is 746 g/mol. The molecule has 1 amide bonds. The molecule has 6 rings (SSSR count). The number of thioether (sulfide) groups is 1. The van der Waals surface area contributed by atoms with Crippen molar-refractivity contribution in [1.82, 2.24) is 4.90 Å². The number of hydrogen-bond acceptors (Lipinski definition) is 13. The van der Waals surface area contributed by atoms with Crippen molar-refractivity contribution in [1.29, 1.82) is 0 Å². The first-order valence-electron chi connectivity index (χ1n) is 15.7. The number of likely N-dealkylation sites (tertiary alicyclic amines) is 1. The van der Waals surface area contributed by atoms with Crippen LogP contribution < -0.4 is 18.5 Å². The van der Waals surface area contributed by atoms with Crippen LogP contribution in [0, 0.1) is 10.1 Å². The first kappa shape index (κ1) is 36.0. The van der Waals surface area contributed by atoms with Crippen molar-refractivity contribution in [3.63, 3.8) is 0 Å². The number of aliphatic imine (C=N–C) groups is 1. The van der Waals surface area contributed by atoms with Crippen molar-refractivity contribution < 1.29 is 46.9 Å². The molecular weight excluding hydrogens is 713 g/mol. The number of carbonyl (C=O) groups is 2. The van der Waals surface area contributed by atoms with E-state index < -0.39 is 36.0 Å². The average Bonchev–Trinajstić information content (AvgIpc) is 3.52. The number of phosphoric ester groups is 1.